The summed E-state index contributed by atoms with van der Waals surface area (Å²) >= 11 is 0. The van der Waals surface area contributed by atoms with E-state index in [9.17, 15) is 0 Å². The van der Waals surface area contributed by atoms with Crippen LogP contribution in [0, 0.1) is 0 Å². The van der Waals surface area contributed by atoms with E-state index >= 15 is 0 Å². The van der Waals surface area contributed by atoms with Crippen LogP contribution in [0.1, 0.15) is 0 Å². The Morgan fingerprint density at radius 3 is 1.36 bits per heavy atom. The van der Waals surface area contributed by atoms with Gasteiger partial charge in [-0.3, -0.25) is 0 Å². The fraction of sp³-hybridized carbons (Fsp3) is 0.100. The van der Waals surface area contributed by atoms with Gasteiger partial charge in [0.2, 0.25) is 0 Å². The highest BCUT2D eigenvalue weighted by Crippen LogP contribution is 2.44. The molecule has 0 aliphatic heterocycles. The summed E-state index contributed by atoms with van der Waals surface area (Å²) in [7, 11) is 1.83. The number of hydrogen-bond donors (Lipinski definition) is 0. The zero-order valence-electron chi connectivity index (χ0n) is 14.1. The van der Waals surface area contributed by atoms with Crippen molar-refractivity contribution in [2.24, 2.45) is 0 Å². The normalized spacial score (nSPS) is 10.4. The zero-order valence-corrected chi connectivity index (χ0v) is 15.0. The van der Waals surface area contributed by atoms with Crippen LogP contribution in [0.5, 0.6) is 23.0 Å². The third-order valence-electron chi connectivity index (χ3n) is 3.47. The van der Waals surface area contributed by atoms with Crippen LogP contribution in [-0.2, 0) is 0 Å². The number of methoxy groups -OCH3 is 2. The van der Waals surface area contributed by atoms with Gasteiger partial charge in [0.1, 0.15) is 0 Å². The summed E-state index contributed by atoms with van der Waals surface area (Å²) < 4.78 is 23.1. The summed E-state index contributed by atoms with van der Waals surface area (Å²) in [5.74, 6) is 2.59. The molecule has 4 nitrogen and oxygen atoms in total. The molecule has 0 aliphatic rings. The van der Waals surface area contributed by atoms with Crippen molar-refractivity contribution in [2.75, 3.05) is 14.2 Å². The van der Waals surface area contributed by atoms with Crippen LogP contribution in [0.4, 0.5) is 0 Å². The Hall–Kier alpha value is -2.71. The first-order valence-electron chi connectivity index (χ1n) is 7.79. The van der Waals surface area contributed by atoms with E-state index in [2.05, 4.69) is 0 Å². The minimum absolute atomic E-state index is 0.634. The van der Waals surface area contributed by atoms with Gasteiger partial charge in [-0.15, -0.1) is 0 Å². The van der Waals surface area contributed by atoms with E-state index in [1.807, 2.05) is 78.9 Å². The Kier molecular flexibility index (Phi) is 5.76. The van der Waals surface area contributed by atoms with Crippen LogP contribution in [-0.4, -0.2) is 14.2 Å². The molecule has 0 saturated heterocycles. The van der Waals surface area contributed by atoms with E-state index in [1.54, 1.807) is 14.2 Å². The molecule has 0 N–H and O–H groups in total. The largest absolute Gasteiger partial charge is 0.493 e. The Balaban J connectivity index is 1.93. The lowest BCUT2D eigenvalue weighted by molar-refractivity contribution is 0.381. The lowest BCUT2D eigenvalue weighted by Crippen LogP contribution is -2.10. The molecule has 3 rings (SSSR count). The predicted molar refractivity (Wildman–Crippen MR) is 100 cm³/mol. The van der Waals surface area contributed by atoms with E-state index in [4.69, 9.17) is 18.5 Å². The molecular weight excluding hydrogens is 335 g/mol. The molecule has 0 aromatic heterocycles. The lowest BCUT2D eigenvalue weighted by Gasteiger charge is -2.21. The first-order valence-corrected chi connectivity index (χ1v) is 8.96. The molecule has 0 atom stereocenters. The van der Waals surface area contributed by atoms with Crippen molar-refractivity contribution in [1.82, 2.24) is 0 Å². The van der Waals surface area contributed by atoms with Crippen molar-refractivity contribution < 1.29 is 18.5 Å². The number of benzene rings is 3. The van der Waals surface area contributed by atoms with Gasteiger partial charge in [0.05, 0.1) is 19.5 Å². The van der Waals surface area contributed by atoms with E-state index in [0.717, 1.165) is 5.30 Å². The fourth-order valence-corrected chi connectivity index (χ4v) is 3.56. The third-order valence-corrected chi connectivity index (χ3v) is 4.91. The standard InChI is InChI=1S/C20H19O4P/c1-21-17-12-6-8-14-19(17)23-25(16-10-4-3-5-11-16)24-20-15-9-7-13-18(20)22-2/h3-15H,1-2H3. The summed E-state index contributed by atoms with van der Waals surface area (Å²) in [6.07, 6.45) is 0. The van der Waals surface area contributed by atoms with Crippen molar-refractivity contribution in [3.8, 4) is 23.0 Å². The molecular formula is C20H19O4P. The van der Waals surface area contributed by atoms with Gasteiger partial charge < -0.3 is 18.5 Å². The van der Waals surface area contributed by atoms with E-state index in [0.29, 0.717) is 23.0 Å². The molecule has 3 aromatic rings. The molecule has 5 heteroatoms. The number of para-hydroxylation sites is 4. The van der Waals surface area contributed by atoms with Gasteiger partial charge in [-0.2, -0.15) is 0 Å². The molecule has 128 valence electrons. The second-order valence-electron chi connectivity index (χ2n) is 5.08. The number of hydrogen-bond acceptors (Lipinski definition) is 4. The highest BCUT2D eigenvalue weighted by molar-refractivity contribution is 7.56. The van der Waals surface area contributed by atoms with Crippen LogP contribution in [0.25, 0.3) is 0 Å². The Bertz CT molecular complexity index is 758. The lowest BCUT2D eigenvalue weighted by atomic mass is 10.3. The van der Waals surface area contributed by atoms with Gasteiger partial charge in [0.25, 0.3) is 0 Å². The second-order valence-corrected chi connectivity index (χ2v) is 6.47. The van der Waals surface area contributed by atoms with Crippen molar-refractivity contribution >= 4 is 13.7 Å². The van der Waals surface area contributed by atoms with E-state index in [-0.39, 0.29) is 0 Å². The van der Waals surface area contributed by atoms with Crippen LogP contribution in [0.3, 0.4) is 0 Å². The minimum Gasteiger partial charge on any atom is -0.493 e. The van der Waals surface area contributed by atoms with Crippen LogP contribution >= 0.6 is 8.38 Å². The topological polar surface area (TPSA) is 36.9 Å². The molecule has 0 amide bonds. The summed E-state index contributed by atoms with van der Waals surface area (Å²) in [4.78, 5) is 0. The number of ether oxygens (including phenoxy) is 2. The first kappa shape index (κ1) is 17.1. The second kappa shape index (κ2) is 8.41. The van der Waals surface area contributed by atoms with Crippen LogP contribution in [0.15, 0.2) is 78.9 Å². The smallest absolute Gasteiger partial charge is 0.326 e. The zero-order chi connectivity index (χ0) is 17.5. The summed E-state index contributed by atoms with van der Waals surface area (Å²) in [6, 6.07) is 24.9. The summed E-state index contributed by atoms with van der Waals surface area (Å²) in [5.41, 5.74) is 0. The minimum atomic E-state index is -1.41. The molecule has 0 fully saturated rings. The molecule has 0 radical (unpaired) electrons. The molecule has 0 spiro atoms. The molecule has 0 unspecified atom stereocenters. The Labute approximate surface area is 148 Å². The predicted octanol–water partition coefficient (Wildman–Crippen LogP) is 4.80. The molecule has 0 aliphatic carbocycles. The van der Waals surface area contributed by atoms with Gasteiger partial charge in [-0.25, -0.2) is 0 Å². The van der Waals surface area contributed by atoms with Crippen molar-refractivity contribution in [1.29, 1.82) is 0 Å². The molecule has 0 heterocycles. The molecule has 3 aromatic carbocycles. The van der Waals surface area contributed by atoms with Crippen LogP contribution in [0.2, 0.25) is 0 Å². The maximum Gasteiger partial charge on any atom is 0.326 e. The SMILES string of the molecule is COc1ccccc1OP(Oc1ccccc1OC)c1ccccc1. The van der Waals surface area contributed by atoms with Crippen molar-refractivity contribution in [3.63, 3.8) is 0 Å². The first-order chi connectivity index (χ1) is 12.3. The maximum absolute atomic E-state index is 6.19. The average Bonchev–Trinajstić information content (AvgIpc) is 2.69. The van der Waals surface area contributed by atoms with Gasteiger partial charge in [0, 0.05) is 0 Å². The molecule has 0 saturated carbocycles. The van der Waals surface area contributed by atoms with Crippen molar-refractivity contribution in [2.45, 2.75) is 0 Å². The van der Waals surface area contributed by atoms with Gasteiger partial charge in [0.15, 0.2) is 23.0 Å². The van der Waals surface area contributed by atoms with Gasteiger partial charge >= 0.3 is 8.38 Å². The van der Waals surface area contributed by atoms with Crippen molar-refractivity contribution in [3.05, 3.63) is 78.9 Å². The van der Waals surface area contributed by atoms with Crippen LogP contribution < -0.4 is 23.8 Å². The van der Waals surface area contributed by atoms with Gasteiger partial charge in [-0.05, 0) is 36.4 Å². The molecule has 0 bridgehead atoms. The molecule has 25 heavy (non-hydrogen) atoms. The van der Waals surface area contributed by atoms with E-state index in [1.165, 1.54) is 0 Å². The third kappa shape index (κ3) is 4.23. The van der Waals surface area contributed by atoms with E-state index < -0.39 is 8.38 Å². The summed E-state index contributed by atoms with van der Waals surface area (Å²) in [6.45, 7) is 0. The number of rotatable bonds is 7. The Morgan fingerprint density at radius 1 is 0.520 bits per heavy atom. The van der Waals surface area contributed by atoms with Gasteiger partial charge in [-0.1, -0.05) is 42.5 Å². The Morgan fingerprint density at radius 2 is 0.920 bits per heavy atom. The summed E-state index contributed by atoms with van der Waals surface area (Å²) in [5, 5.41) is 0.953. The highest BCUT2D eigenvalue weighted by atomic mass is 31.2. The highest BCUT2D eigenvalue weighted by Gasteiger charge is 2.21. The maximum atomic E-state index is 6.19. The fourth-order valence-electron chi connectivity index (χ4n) is 2.24. The monoisotopic (exact) mass is 354 g/mol. The quantitative estimate of drug-likeness (QED) is 0.571. The average molecular weight is 354 g/mol.